The lowest BCUT2D eigenvalue weighted by molar-refractivity contribution is 0.0696. The molecule has 0 saturated heterocycles. The van der Waals surface area contributed by atoms with Crippen molar-refractivity contribution in [3.63, 3.8) is 0 Å². The van der Waals surface area contributed by atoms with Crippen LogP contribution in [0.2, 0.25) is 0 Å². The molecule has 0 aliphatic rings. The molecule has 7 nitrogen and oxygen atoms in total. The summed E-state index contributed by atoms with van der Waals surface area (Å²) >= 11 is 0. The van der Waals surface area contributed by atoms with Crippen LogP contribution in [-0.2, 0) is 12.8 Å². The lowest BCUT2D eigenvalue weighted by Gasteiger charge is -2.08. The summed E-state index contributed by atoms with van der Waals surface area (Å²) in [6, 6.07) is 5.80. The number of anilines is 1. The Labute approximate surface area is 133 Å². The summed E-state index contributed by atoms with van der Waals surface area (Å²) in [6.45, 7) is 2.58. The van der Waals surface area contributed by atoms with Crippen molar-refractivity contribution in [1.82, 2.24) is 19.6 Å². The van der Waals surface area contributed by atoms with Gasteiger partial charge < -0.3 is 10.4 Å². The Morgan fingerprint density at radius 3 is 2.91 bits per heavy atom. The molecule has 7 heteroatoms. The Bertz CT molecular complexity index is 829. The summed E-state index contributed by atoms with van der Waals surface area (Å²) in [7, 11) is 0. The fourth-order valence-corrected chi connectivity index (χ4v) is 2.60. The van der Waals surface area contributed by atoms with Crippen molar-refractivity contribution in [3.8, 4) is 0 Å². The van der Waals surface area contributed by atoms with E-state index in [0.717, 1.165) is 17.7 Å². The van der Waals surface area contributed by atoms with Crippen molar-refractivity contribution < 1.29 is 9.90 Å². The number of fused-ring (bicyclic) bond motifs is 1. The molecule has 3 aromatic rings. The third kappa shape index (κ3) is 2.98. The van der Waals surface area contributed by atoms with E-state index in [9.17, 15) is 9.90 Å². The zero-order valence-electron chi connectivity index (χ0n) is 12.7. The number of nitrogens with zero attached hydrogens (tertiary/aromatic N) is 4. The molecule has 0 saturated carbocycles. The highest BCUT2D eigenvalue weighted by molar-refractivity contribution is 5.94. The molecule has 0 atom stereocenters. The molecule has 3 heterocycles. The molecule has 118 valence electrons. The van der Waals surface area contributed by atoms with Gasteiger partial charge in [-0.15, -0.1) is 0 Å². The van der Waals surface area contributed by atoms with Gasteiger partial charge in [-0.3, -0.25) is 4.98 Å². The fraction of sp³-hybridized carbons (Fsp3) is 0.250. The van der Waals surface area contributed by atoms with Crippen molar-refractivity contribution in [1.29, 1.82) is 0 Å². The second kappa shape index (κ2) is 6.43. The number of hydrogen-bond acceptors (Lipinski definition) is 5. The molecular formula is C16H17N5O2. The van der Waals surface area contributed by atoms with Crippen LogP contribution in [0.4, 0.5) is 5.82 Å². The highest BCUT2D eigenvalue weighted by Crippen LogP contribution is 2.24. The van der Waals surface area contributed by atoms with Gasteiger partial charge >= 0.3 is 5.97 Å². The average molecular weight is 311 g/mol. The number of hydrogen-bond donors (Lipinski definition) is 2. The van der Waals surface area contributed by atoms with E-state index in [1.807, 2.05) is 25.1 Å². The monoisotopic (exact) mass is 311 g/mol. The van der Waals surface area contributed by atoms with Crippen LogP contribution in [0.25, 0.3) is 5.52 Å². The first-order chi connectivity index (χ1) is 11.2. The SMILES string of the molecule is CCc1c(C(=O)O)cn2ncnc(NCCc3ccccn3)c12. The summed E-state index contributed by atoms with van der Waals surface area (Å²) < 4.78 is 1.57. The Kier molecular flexibility index (Phi) is 4.18. The molecule has 0 spiro atoms. The van der Waals surface area contributed by atoms with Crippen LogP contribution >= 0.6 is 0 Å². The molecule has 0 unspecified atom stereocenters. The second-order valence-corrected chi connectivity index (χ2v) is 5.08. The van der Waals surface area contributed by atoms with E-state index in [1.54, 1.807) is 10.7 Å². The first kappa shape index (κ1) is 15.0. The van der Waals surface area contributed by atoms with Crippen LogP contribution in [0.5, 0.6) is 0 Å². The Hall–Kier alpha value is -2.96. The van der Waals surface area contributed by atoms with Gasteiger partial charge in [-0.05, 0) is 24.1 Å². The summed E-state index contributed by atoms with van der Waals surface area (Å²) in [6.07, 6.45) is 6.06. The third-order valence-corrected chi connectivity index (χ3v) is 3.66. The molecule has 3 aromatic heterocycles. The minimum atomic E-state index is -0.952. The maximum absolute atomic E-state index is 11.4. The van der Waals surface area contributed by atoms with Gasteiger partial charge in [-0.25, -0.2) is 14.3 Å². The highest BCUT2D eigenvalue weighted by Gasteiger charge is 2.18. The zero-order valence-corrected chi connectivity index (χ0v) is 12.7. The van der Waals surface area contributed by atoms with E-state index in [2.05, 4.69) is 20.4 Å². The van der Waals surface area contributed by atoms with Crippen molar-refractivity contribution in [2.75, 3.05) is 11.9 Å². The minimum absolute atomic E-state index is 0.265. The summed E-state index contributed by atoms with van der Waals surface area (Å²) in [5.74, 6) is -0.313. The summed E-state index contributed by atoms with van der Waals surface area (Å²) in [4.78, 5) is 19.9. The average Bonchev–Trinajstić information content (AvgIpc) is 2.95. The predicted octanol–water partition coefficient (Wildman–Crippen LogP) is 2.04. The van der Waals surface area contributed by atoms with Crippen LogP contribution in [-0.4, -0.2) is 37.2 Å². The minimum Gasteiger partial charge on any atom is -0.478 e. The number of rotatable bonds is 6. The van der Waals surface area contributed by atoms with Gasteiger partial charge in [0.25, 0.3) is 0 Å². The largest absolute Gasteiger partial charge is 0.478 e. The molecule has 0 aliphatic heterocycles. The van der Waals surface area contributed by atoms with Crippen molar-refractivity contribution in [2.45, 2.75) is 19.8 Å². The van der Waals surface area contributed by atoms with E-state index in [4.69, 9.17) is 0 Å². The lowest BCUT2D eigenvalue weighted by Crippen LogP contribution is -2.09. The highest BCUT2D eigenvalue weighted by atomic mass is 16.4. The standard InChI is InChI=1S/C16H17N5O2/c1-2-12-13(16(22)23)9-21-14(12)15(19-10-20-21)18-8-6-11-5-3-4-7-17-11/h3-5,7,9-10H,2,6,8H2,1H3,(H,22,23)(H,18,19,20). The van der Waals surface area contributed by atoms with Gasteiger partial charge in [0.05, 0.1) is 5.56 Å². The van der Waals surface area contributed by atoms with Crippen LogP contribution in [0.1, 0.15) is 28.5 Å². The number of carboxylic acids is 1. The van der Waals surface area contributed by atoms with E-state index in [0.29, 0.717) is 24.3 Å². The molecule has 0 radical (unpaired) electrons. The van der Waals surface area contributed by atoms with Gasteiger partial charge in [0.1, 0.15) is 11.8 Å². The van der Waals surface area contributed by atoms with Crippen molar-refractivity contribution in [2.24, 2.45) is 0 Å². The molecule has 2 N–H and O–H groups in total. The first-order valence-electron chi connectivity index (χ1n) is 7.43. The normalized spacial score (nSPS) is 10.8. The Morgan fingerprint density at radius 1 is 1.35 bits per heavy atom. The number of nitrogens with one attached hydrogen (secondary N) is 1. The molecule has 0 bridgehead atoms. The second-order valence-electron chi connectivity index (χ2n) is 5.08. The molecule has 0 aliphatic carbocycles. The number of carbonyl (C=O) groups is 1. The van der Waals surface area contributed by atoms with Gasteiger partial charge in [-0.1, -0.05) is 13.0 Å². The van der Waals surface area contributed by atoms with Gasteiger partial charge in [0.15, 0.2) is 5.82 Å². The zero-order chi connectivity index (χ0) is 16.2. The number of carboxylic acid groups (broad SMARTS) is 1. The molecule has 23 heavy (non-hydrogen) atoms. The van der Waals surface area contributed by atoms with Crippen LogP contribution in [0.15, 0.2) is 36.9 Å². The number of aromatic carboxylic acids is 1. The van der Waals surface area contributed by atoms with E-state index >= 15 is 0 Å². The first-order valence-corrected chi connectivity index (χ1v) is 7.43. The molecular weight excluding hydrogens is 294 g/mol. The van der Waals surface area contributed by atoms with Crippen LogP contribution in [0, 0.1) is 0 Å². The van der Waals surface area contributed by atoms with E-state index < -0.39 is 5.97 Å². The fourth-order valence-electron chi connectivity index (χ4n) is 2.60. The molecule has 3 rings (SSSR count). The van der Waals surface area contributed by atoms with Gasteiger partial charge in [-0.2, -0.15) is 5.10 Å². The summed E-state index contributed by atoms with van der Waals surface area (Å²) in [5, 5.41) is 16.7. The maximum Gasteiger partial charge on any atom is 0.337 e. The molecule has 0 aromatic carbocycles. The Morgan fingerprint density at radius 2 is 2.22 bits per heavy atom. The van der Waals surface area contributed by atoms with E-state index in [-0.39, 0.29) is 5.56 Å². The number of aryl methyl sites for hydroxylation is 1. The topological polar surface area (TPSA) is 92.4 Å². The summed E-state index contributed by atoms with van der Waals surface area (Å²) in [5.41, 5.74) is 2.70. The van der Waals surface area contributed by atoms with Crippen LogP contribution in [0.3, 0.4) is 0 Å². The number of pyridine rings is 1. The van der Waals surface area contributed by atoms with Gasteiger partial charge in [0.2, 0.25) is 0 Å². The van der Waals surface area contributed by atoms with Crippen molar-refractivity contribution in [3.05, 3.63) is 53.7 Å². The lowest BCUT2D eigenvalue weighted by atomic mass is 10.1. The smallest absolute Gasteiger partial charge is 0.337 e. The van der Waals surface area contributed by atoms with E-state index in [1.165, 1.54) is 12.5 Å². The number of aromatic nitrogens is 4. The van der Waals surface area contributed by atoms with Crippen LogP contribution < -0.4 is 5.32 Å². The Balaban J connectivity index is 1.87. The molecule has 0 amide bonds. The predicted molar refractivity (Wildman–Crippen MR) is 85.8 cm³/mol. The third-order valence-electron chi connectivity index (χ3n) is 3.66. The maximum atomic E-state index is 11.4. The molecule has 0 fully saturated rings. The van der Waals surface area contributed by atoms with Crippen molar-refractivity contribution >= 4 is 17.3 Å². The van der Waals surface area contributed by atoms with Gasteiger partial charge in [0, 0.05) is 31.1 Å². The quantitative estimate of drug-likeness (QED) is 0.723.